The van der Waals surface area contributed by atoms with E-state index in [4.69, 9.17) is 4.74 Å². The van der Waals surface area contributed by atoms with Gasteiger partial charge in [-0.1, -0.05) is 218 Å². The summed E-state index contributed by atoms with van der Waals surface area (Å²) in [5, 5.41) is 0. The molecular formula is C68H43NOS. The molecule has 0 radical (unpaired) electrons. The molecule has 0 unspecified atom stereocenters. The first-order valence-electron chi connectivity index (χ1n) is 24.5. The quantitative estimate of drug-likeness (QED) is 0.171. The van der Waals surface area contributed by atoms with Crippen molar-refractivity contribution in [3.63, 3.8) is 0 Å². The predicted octanol–water partition coefficient (Wildman–Crippen LogP) is 17.8. The molecule has 0 saturated carbocycles. The Labute approximate surface area is 418 Å². The van der Waals surface area contributed by atoms with E-state index in [0.717, 1.165) is 39.7 Å². The van der Waals surface area contributed by atoms with Gasteiger partial charge < -0.3 is 9.64 Å². The van der Waals surface area contributed by atoms with Crippen molar-refractivity contribution in [3.8, 4) is 56.0 Å². The Morgan fingerprint density at radius 1 is 0.296 bits per heavy atom. The smallest absolute Gasteiger partial charge is 0.132 e. The molecule has 11 aromatic carbocycles. The van der Waals surface area contributed by atoms with E-state index in [1.54, 1.807) is 0 Å². The highest BCUT2D eigenvalue weighted by molar-refractivity contribution is 7.99. The van der Waals surface area contributed by atoms with Gasteiger partial charge in [-0.15, -0.1) is 0 Å². The Balaban J connectivity index is 0.969. The monoisotopic (exact) mass is 921 g/mol. The first-order valence-corrected chi connectivity index (χ1v) is 25.3. The summed E-state index contributed by atoms with van der Waals surface area (Å²) in [5.74, 6) is 1.79. The molecule has 2 aliphatic carbocycles. The molecule has 11 aromatic rings. The minimum absolute atomic E-state index is 0.505. The average Bonchev–Trinajstić information content (AvgIpc) is 3.90. The van der Waals surface area contributed by atoms with Crippen LogP contribution in [-0.2, 0) is 10.8 Å². The zero-order valence-electron chi connectivity index (χ0n) is 38.6. The molecule has 0 amide bonds. The minimum atomic E-state index is -0.558. The molecule has 2 aliphatic heterocycles. The van der Waals surface area contributed by atoms with Crippen molar-refractivity contribution < 1.29 is 4.74 Å². The fourth-order valence-corrected chi connectivity index (χ4v) is 14.0. The number of anilines is 3. The third-order valence-corrected chi connectivity index (χ3v) is 16.8. The second kappa shape index (κ2) is 15.4. The second-order valence-electron chi connectivity index (χ2n) is 19.0. The maximum absolute atomic E-state index is 6.69. The summed E-state index contributed by atoms with van der Waals surface area (Å²) in [5.41, 5.74) is 22.2. The molecule has 15 rings (SSSR count). The molecule has 0 fully saturated rings. The third kappa shape index (κ3) is 5.61. The van der Waals surface area contributed by atoms with Crippen molar-refractivity contribution in [3.05, 3.63) is 305 Å². The lowest BCUT2D eigenvalue weighted by Gasteiger charge is -2.40. The summed E-state index contributed by atoms with van der Waals surface area (Å²) >= 11 is 1.88. The summed E-state index contributed by atoms with van der Waals surface area (Å²) in [4.78, 5) is 5.11. The van der Waals surface area contributed by atoms with Gasteiger partial charge in [0.1, 0.15) is 11.5 Å². The summed E-state index contributed by atoms with van der Waals surface area (Å²) in [6.45, 7) is 0. The molecule has 2 spiro atoms. The van der Waals surface area contributed by atoms with Crippen LogP contribution in [0.4, 0.5) is 17.1 Å². The number of para-hydroxylation sites is 2. The topological polar surface area (TPSA) is 12.5 Å². The zero-order valence-corrected chi connectivity index (χ0v) is 39.4. The normalized spacial score (nSPS) is 14.2. The van der Waals surface area contributed by atoms with Crippen LogP contribution in [0.25, 0.3) is 44.5 Å². The van der Waals surface area contributed by atoms with Crippen molar-refractivity contribution >= 4 is 28.8 Å². The highest BCUT2D eigenvalue weighted by Crippen LogP contribution is 2.66. The van der Waals surface area contributed by atoms with Gasteiger partial charge in [-0.05, 0) is 127 Å². The lowest BCUT2D eigenvalue weighted by Crippen LogP contribution is -2.32. The maximum Gasteiger partial charge on any atom is 0.132 e. The summed E-state index contributed by atoms with van der Waals surface area (Å²) in [7, 11) is 0. The number of nitrogens with zero attached hydrogens (tertiary/aromatic N) is 1. The Kier molecular flexibility index (Phi) is 8.76. The summed E-state index contributed by atoms with van der Waals surface area (Å²) < 4.78 is 6.69. The van der Waals surface area contributed by atoms with Gasteiger partial charge in [-0.2, -0.15) is 0 Å². The molecule has 2 nitrogen and oxygen atoms in total. The van der Waals surface area contributed by atoms with Gasteiger partial charge in [-0.3, -0.25) is 0 Å². The van der Waals surface area contributed by atoms with Crippen LogP contribution in [0.15, 0.2) is 271 Å². The van der Waals surface area contributed by atoms with E-state index in [-0.39, 0.29) is 0 Å². The fourth-order valence-electron chi connectivity index (χ4n) is 12.8. The van der Waals surface area contributed by atoms with E-state index >= 15 is 0 Å². The maximum atomic E-state index is 6.69. The van der Waals surface area contributed by atoms with Gasteiger partial charge in [0.15, 0.2) is 0 Å². The van der Waals surface area contributed by atoms with Gasteiger partial charge >= 0.3 is 0 Å². The molecule has 4 aliphatic rings. The minimum Gasteiger partial charge on any atom is -0.457 e. The fraction of sp³-hybridized carbons (Fsp3) is 0.0294. The summed E-state index contributed by atoms with van der Waals surface area (Å²) in [6.07, 6.45) is 0. The predicted molar refractivity (Wildman–Crippen MR) is 291 cm³/mol. The van der Waals surface area contributed by atoms with Crippen molar-refractivity contribution in [1.29, 1.82) is 0 Å². The van der Waals surface area contributed by atoms with Crippen molar-refractivity contribution in [2.24, 2.45) is 0 Å². The van der Waals surface area contributed by atoms with E-state index in [0.29, 0.717) is 0 Å². The van der Waals surface area contributed by atoms with Crippen molar-refractivity contribution in [1.82, 2.24) is 0 Å². The molecule has 2 heterocycles. The third-order valence-electron chi connectivity index (χ3n) is 15.6. The Morgan fingerprint density at radius 2 is 0.732 bits per heavy atom. The second-order valence-corrected chi connectivity index (χ2v) is 20.1. The van der Waals surface area contributed by atoms with Gasteiger partial charge in [0.2, 0.25) is 0 Å². The highest BCUT2D eigenvalue weighted by atomic mass is 32.2. The molecule has 0 aromatic heterocycles. The molecule has 0 atom stereocenters. The lowest BCUT2D eigenvalue weighted by atomic mass is 9.66. The van der Waals surface area contributed by atoms with Gasteiger partial charge in [-0.25, -0.2) is 0 Å². The van der Waals surface area contributed by atoms with E-state index in [2.05, 4.69) is 266 Å². The van der Waals surface area contributed by atoms with Crippen LogP contribution in [0.2, 0.25) is 0 Å². The molecule has 0 saturated heterocycles. The van der Waals surface area contributed by atoms with E-state index in [1.807, 2.05) is 11.8 Å². The zero-order chi connectivity index (χ0) is 46.7. The van der Waals surface area contributed by atoms with Crippen LogP contribution in [0.5, 0.6) is 11.5 Å². The molecular weight excluding hydrogens is 879 g/mol. The SMILES string of the molecule is c1ccc(-c2ccc(-c3ccc(N(c4ccc5c(c4)-c4ccccc4C54c5ccccc5Oc5ccccc54)c4cccc5c4-c4ccccc4C54c5ccccc5Sc5ccccc54)cc3)cc2)cc1. The molecule has 0 bridgehead atoms. The number of benzene rings is 11. The van der Waals surface area contributed by atoms with Crippen LogP contribution in [0.3, 0.4) is 0 Å². The number of ether oxygens (including phenoxy) is 1. The van der Waals surface area contributed by atoms with Gasteiger partial charge in [0.25, 0.3) is 0 Å². The Morgan fingerprint density at radius 3 is 1.37 bits per heavy atom. The number of hydrogen-bond acceptors (Lipinski definition) is 3. The van der Waals surface area contributed by atoms with Crippen LogP contribution in [0, 0.1) is 0 Å². The molecule has 71 heavy (non-hydrogen) atoms. The van der Waals surface area contributed by atoms with Gasteiger partial charge in [0.05, 0.1) is 16.5 Å². The molecule has 0 N–H and O–H groups in total. The highest BCUT2D eigenvalue weighted by Gasteiger charge is 2.53. The van der Waals surface area contributed by atoms with E-state index < -0.39 is 10.8 Å². The number of fused-ring (bicyclic) bond motifs is 18. The number of hydrogen-bond donors (Lipinski definition) is 0. The first kappa shape index (κ1) is 40.3. The van der Waals surface area contributed by atoms with Crippen LogP contribution >= 0.6 is 11.8 Å². The summed E-state index contributed by atoms with van der Waals surface area (Å²) in [6, 6.07) is 96.5. The molecule has 3 heteroatoms. The largest absolute Gasteiger partial charge is 0.457 e. The van der Waals surface area contributed by atoms with Crippen molar-refractivity contribution in [2.45, 2.75) is 20.6 Å². The van der Waals surface area contributed by atoms with Crippen LogP contribution in [0.1, 0.15) is 44.5 Å². The number of rotatable bonds is 5. The van der Waals surface area contributed by atoms with E-state index in [1.165, 1.54) is 87.7 Å². The average molecular weight is 922 g/mol. The molecule has 332 valence electrons. The van der Waals surface area contributed by atoms with Gasteiger partial charge in [0, 0.05) is 37.9 Å². The van der Waals surface area contributed by atoms with Crippen LogP contribution < -0.4 is 9.64 Å². The Bertz CT molecular complexity index is 3860. The standard InChI is InChI=1S/C68H43NOS/c1-2-17-44(18-3-1)45-33-35-46(36-34-45)47-37-39-48(40-38-47)69(49-41-42-55-52(43-49)50-19-4-6-21-53(50)67(55)56-23-8-12-29-62(56)70-63-30-13-9-24-57(63)67)61-28-16-27-60-66(61)51-20-5-7-22-54(51)68(60)58-25-10-14-31-64(58)71-65-32-15-11-26-59(65)68/h1-43H. The van der Waals surface area contributed by atoms with Crippen LogP contribution in [-0.4, -0.2) is 0 Å². The Hall–Kier alpha value is -8.63. The van der Waals surface area contributed by atoms with Crippen molar-refractivity contribution in [2.75, 3.05) is 4.90 Å². The first-order chi connectivity index (χ1) is 35.2. The lowest BCUT2D eigenvalue weighted by molar-refractivity contribution is 0.436. The van der Waals surface area contributed by atoms with E-state index in [9.17, 15) is 0 Å².